The van der Waals surface area contributed by atoms with E-state index in [1.165, 1.54) is 12.8 Å². The first-order valence-corrected chi connectivity index (χ1v) is 5.01. The Morgan fingerprint density at radius 1 is 1.33 bits per heavy atom. The summed E-state index contributed by atoms with van der Waals surface area (Å²) in [5.74, 6) is 1.64. The first-order valence-electron chi connectivity index (χ1n) is 5.01. The first kappa shape index (κ1) is 8.47. The van der Waals surface area contributed by atoms with Gasteiger partial charge >= 0.3 is 0 Å². The van der Waals surface area contributed by atoms with Gasteiger partial charge in [-0.1, -0.05) is 0 Å². The molecule has 0 bridgehead atoms. The average molecular weight is 201 g/mol. The van der Waals surface area contributed by atoms with Crippen LogP contribution in [0.2, 0.25) is 0 Å². The molecule has 0 unspecified atom stereocenters. The van der Waals surface area contributed by atoms with E-state index < -0.39 is 0 Å². The highest BCUT2D eigenvalue weighted by Gasteiger charge is 2.26. The zero-order valence-corrected chi connectivity index (χ0v) is 8.18. The van der Waals surface area contributed by atoms with Crippen LogP contribution in [0.4, 0.5) is 5.95 Å². The summed E-state index contributed by atoms with van der Waals surface area (Å²) in [4.78, 5) is 8.39. The number of furan rings is 1. The van der Waals surface area contributed by atoms with Crippen LogP contribution in [0.15, 0.2) is 28.9 Å². The maximum absolute atomic E-state index is 5.67. The second kappa shape index (κ2) is 3.08. The summed E-state index contributed by atoms with van der Waals surface area (Å²) < 4.78 is 5.28. The predicted octanol–water partition coefficient (Wildman–Crippen LogP) is 2.20. The molecule has 0 spiro atoms. The second-order valence-corrected chi connectivity index (χ2v) is 3.79. The maximum atomic E-state index is 5.67. The Labute approximate surface area is 87.2 Å². The minimum absolute atomic E-state index is 0.325. The zero-order valence-electron chi connectivity index (χ0n) is 8.18. The Morgan fingerprint density at radius 2 is 2.20 bits per heavy atom. The van der Waals surface area contributed by atoms with Gasteiger partial charge in [-0.3, -0.25) is 0 Å². The zero-order chi connectivity index (χ0) is 10.3. The number of nitrogen functional groups attached to an aromatic ring is 1. The van der Waals surface area contributed by atoms with Crippen LogP contribution in [0.5, 0.6) is 0 Å². The molecule has 0 saturated heterocycles. The molecule has 0 amide bonds. The fraction of sp³-hybridized carbons (Fsp3) is 0.273. The van der Waals surface area contributed by atoms with E-state index in [9.17, 15) is 0 Å². The molecule has 15 heavy (non-hydrogen) atoms. The van der Waals surface area contributed by atoms with Crippen molar-refractivity contribution in [3.8, 4) is 11.5 Å². The molecule has 2 aromatic heterocycles. The highest BCUT2D eigenvalue weighted by molar-refractivity contribution is 5.54. The van der Waals surface area contributed by atoms with Crippen molar-refractivity contribution in [3.05, 3.63) is 30.2 Å². The van der Waals surface area contributed by atoms with E-state index >= 15 is 0 Å². The number of rotatable bonds is 2. The molecular weight excluding hydrogens is 190 g/mol. The molecule has 1 saturated carbocycles. The molecule has 1 fully saturated rings. The van der Waals surface area contributed by atoms with Gasteiger partial charge in [0.15, 0.2) is 5.76 Å². The van der Waals surface area contributed by atoms with Gasteiger partial charge < -0.3 is 10.2 Å². The minimum atomic E-state index is 0.325. The van der Waals surface area contributed by atoms with Crippen LogP contribution in [0.25, 0.3) is 11.5 Å². The number of hydrogen-bond donors (Lipinski definition) is 1. The van der Waals surface area contributed by atoms with Gasteiger partial charge in [0.05, 0.1) is 6.26 Å². The van der Waals surface area contributed by atoms with E-state index in [-0.39, 0.29) is 0 Å². The van der Waals surface area contributed by atoms with Crippen molar-refractivity contribution in [2.75, 3.05) is 5.73 Å². The van der Waals surface area contributed by atoms with Crippen LogP contribution in [0, 0.1) is 0 Å². The smallest absolute Gasteiger partial charge is 0.220 e. The molecule has 2 N–H and O–H groups in total. The van der Waals surface area contributed by atoms with E-state index in [1.807, 2.05) is 18.2 Å². The number of anilines is 1. The normalized spacial score (nSPS) is 15.5. The Balaban J connectivity index is 2.07. The summed E-state index contributed by atoms with van der Waals surface area (Å²) in [6.45, 7) is 0. The quantitative estimate of drug-likeness (QED) is 0.808. The van der Waals surface area contributed by atoms with Crippen molar-refractivity contribution in [3.63, 3.8) is 0 Å². The van der Waals surface area contributed by atoms with Gasteiger partial charge in [0, 0.05) is 11.6 Å². The third kappa shape index (κ3) is 1.58. The molecule has 0 radical (unpaired) electrons. The maximum Gasteiger partial charge on any atom is 0.220 e. The molecular formula is C11H11N3O. The van der Waals surface area contributed by atoms with Crippen molar-refractivity contribution in [2.45, 2.75) is 18.8 Å². The number of nitrogens with zero attached hydrogens (tertiary/aromatic N) is 2. The summed E-state index contributed by atoms with van der Waals surface area (Å²) in [5.41, 5.74) is 7.48. The summed E-state index contributed by atoms with van der Waals surface area (Å²) in [7, 11) is 0. The summed E-state index contributed by atoms with van der Waals surface area (Å²) in [6.07, 6.45) is 4.03. The van der Waals surface area contributed by atoms with Gasteiger partial charge in [0.2, 0.25) is 5.95 Å². The predicted molar refractivity (Wildman–Crippen MR) is 56.1 cm³/mol. The molecule has 2 heterocycles. The Bertz CT molecular complexity index is 475. The molecule has 1 aliphatic carbocycles. The molecule has 2 aromatic rings. The van der Waals surface area contributed by atoms with E-state index in [1.54, 1.807) is 6.26 Å². The lowest BCUT2D eigenvalue weighted by Gasteiger charge is -2.02. The largest absolute Gasteiger partial charge is 0.463 e. The van der Waals surface area contributed by atoms with Gasteiger partial charge in [-0.15, -0.1) is 0 Å². The summed E-state index contributed by atoms with van der Waals surface area (Å²) >= 11 is 0. The summed E-state index contributed by atoms with van der Waals surface area (Å²) in [6, 6.07) is 5.68. The Hall–Kier alpha value is -1.84. The molecule has 76 valence electrons. The monoisotopic (exact) mass is 201 g/mol. The van der Waals surface area contributed by atoms with Crippen molar-refractivity contribution < 1.29 is 4.42 Å². The molecule has 0 aromatic carbocycles. The number of aromatic nitrogens is 2. The standard InChI is InChI=1S/C11H11N3O/c12-11-13-8(7-3-4-7)6-9(14-11)10-2-1-5-15-10/h1-2,5-7H,3-4H2,(H2,12,13,14). The third-order valence-electron chi connectivity index (χ3n) is 2.53. The molecule has 0 atom stereocenters. The average Bonchev–Trinajstić information content (AvgIpc) is 2.93. The fourth-order valence-electron chi connectivity index (χ4n) is 1.62. The van der Waals surface area contributed by atoms with Gasteiger partial charge in [-0.2, -0.15) is 0 Å². The molecule has 0 aliphatic heterocycles. The van der Waals surface area contributed by atoms with Crippen LogP contribution in [-0.2, 0) is 0 Å². The van der Waals surface area contributed by atoms with Gasteiger partial charge in [-0.25, -0.2) is 9.97 Å². The van der Waals surface area contributed by atoms with E-state index in [4.69, 9.17) is 10.2 Å². The van der Waals surface area contributed by atoms with Gasteiger partial charge in [0.25, 0.3) is 0 Å². The van der Waals surface area contributed by atoms with Crippen LogP contribution in [0.1, 0.15) is 24.5 Å². The Morgan fingerprint density at radius 3 is 2.87 bits per heavy atom. The highest BCUT2D eigenvalue weighted by Crippen LogP contribution is 2.40. The first-order chi connectivity index (χ1) is 7.33. The third-order valence-corrected chi connectivity index (χ3v) is 2.53. The van der Waals surface area contributed by atoms with Crippen LogP contribution < -0.4 is 5.73 Å². The van der Waals surface area contributed by atoms with Gasteiger partial charge in [0.1, 0.15) is 5.69 Å². The lowest BCUT2D eigenvalue weighted by molar-refractivity contribution is 0.579. The molecule has 4 heteroatoms. The van der Waals surface area contributed by atoms with Crippen LogP contribution in [0.3, 0.4) is 0 Å². The topological polar surface area (TPSA) is 64.9 Å². The van der Waals surface area contributed by atoms with Crippen molar-refractivity contribution in [2.24, 2.45) is 0 Å². The van der Waals surface area contributed by atoms with Crippen LogP contribution >= 0.6 is 0 Å². The number of hydrogen-bond acceptors (Lipinski definition) is 4. The number of nitrogens with two attached hydrogens (primary N) is 1. The second-order valence-electron chi connectivity index (χ2n) is 3.79. The lowest BCUT2D eigenvalue weighted by Crippen LogP contribution is -1.99. The molecule has 4 nitrogen and oxygen atoms in total. The van der Waals surface area contributed by atoms with Gasteiger partial charge in [-0.05, 0) is 31.0 Å². The van der Waals surface area contributed by atoms with Crippen LogP contribution in [-0.4, -0.2) is 9.97 Å². The molecule has 1 aliphatic rings. The summed E-state index contributed by atoms with van der Waals surface area (Å²) in [5, 5.41) is 0. The minimum Gasteiger partial charge on any atom is -0.463 e. The Kier molecular flexibility index (Phi) is 1.74. The van der Waals surface area contributed by atoms with Crippen molar-refractivity contribution in [1.82, 2.24) is 9.97 Å². The lowest BCUT2D eigenvalue weighted by atomic mass is 10.2. The van der Waals surface area contributed by atoms with Crippen molar-refractivity contribution in [1.29, 1.82) is 0 Å². The molecule has 3 rings (SSSR count). The van der Waals surface area contributed by atoms with Crippen molar-refractivity contribution >= 4 is 5.95 Å². The van der Waals surface area contributed by atoms with E-state index in [2.05, 4.69) is 9.97 Å². The van der Waals surface area contributed by atoms with E-state index in [0.29, 0.717) is 11.9 Å². The fourth-order valence-corrected chi connectivity index (χ4v) is 1.62. The van der Waals surface area contributed by atoms with E-state index in [0.717, 1.165) is 17.1 Å². The SMILES string of the molecule is Nc1nc(-c2ccco2)cc(C2CC2)n1. The highest BCUT2D eigenvalue weighted by atomic mass is 16.3.